The third kappa shape index (κ3) is 6.37. The lowest BCUT2D eigenvalue weighted by Gasteiger charge is -2.09. The van der Waals surface area contributed by atoms with Gasteiger partial charge in [0.15, 0.2) is 10.6 Å². The predicted octanol–water partition coefficient (Wildman–Crippen LogP) is 4.03. The number of aromatic nitrogens is 3. The molecule has 29 heavy (non-hydrogen) atoms. The van der Waals surface area contributed by atoms with Gasteiger partial charge in [-0.2, -0.15) is 5.10 Å². The smallest absolute Gasteiger partial charge is 0.221 e. The highest BCUT2D eigenvalue weighted by Crippen LogP contribution is 2.18. The summed E-state index contributed by atoms with van der Waals surface area (Å²) in [5, 5.41) is 10.1. The number of hydrogen-bond donors (Lipinski definition) is 2. The highest BCUT2D eigenvalue weighted by molar-refractivity contribution is 7.71. The van der Waals surface area contributed by atoms with Gasteiger partial charge in [-0.1, -0.05) is 60.2 Å². The van der Waals surface area contributed by atoms with Gasteiger partial charge in [0.05, 0.1) is 6.61 Å². The zero-order valence-electron chi connectivity index (χ0n) is 16.6. The van der Waals surface area contributed by atoms with Crippen LogP contribution in [0, 0.1) is 11.7 Å². The van der Waals surface area contributed by atoms with E-state index in [1.807, 2.05) is 66.1 Å². The first-order valence-electron chi connectivity index (χ1n) is 9.74. The monoisotopic (exact) mass is 410 g/mol. The molecule has 0 unspecified atom stereocenters. The Labute approximate surface area is 175 Å². The molecule has 6 nitrogen and oxygen atoms in total. The van der Waals surface area contributed by atoms with E-state index in [4.69, 9.17) is 17.0 Å². The molecule has 0 atom stereocenters. The largest absolute Gasteiger partial charge is 0.377 e. The Hall–Kier alpha value is -2.77. The van der Waals surface area contributed by atoms with E-state index in [1.165, 1.54) is 5.56 Å². The molecular formula is C22H26N4O2S. The van der Waals surface area contributed by atoms with Gasteiger partial charge in [0.25, 0.3) is 0 Å². The zero-order valence-corrected chi connectivity index (χ0v) is 17.4. The van der Waals surface area contributed by atoms with Crippen molar-refractivity contribution in [3.05, 3.63) is 70.5 Å². The maximum absolute atomic E-state index is 12.2. The van der Waals surface area contributed by atoms with E-state index < -0.39 is 0 Å². The molecule has 0 saturated carbocycles. The quantitative estimate of drug-likeness (QED) is 0.391. The molecule has 1 heterocycles. The SMILES string of the molecule is Cc1ccc(-c2n[nH]c(=S)n2CCC(=O)NCCCOCc2ccccc2)cc1. The average molecular weight is 411 g/mol. The second-order valence-electron chi connectivity index (χ2n) is 6.86. The molecular weight excluding hydrogens is 384 g/mol. The first-order valence-corrected chi connectivity index (χ1v) is 10.1. The molecule has 7 heteroatoms. The molecule has 2 aromatic carbocycles. The molecule has 0 saturated heterocycles. The van der Waals surface area contributed by atoms with E-state index in [9.17, 15) is 4.79 Å². The molecule has 0 aliphatic carbocycles. The van der Waals surface area contributed by atoms with Crippen molar-refractivity contribution < 1.29 is 9.53 Å². The van der Waals surface area contributed by atoms with Gasteiger partial charge in [-0.25, -0.2) is 0 Å². The molecule has 3 rings (SSSR count). The second-order valence-corrected chi connectivity index (χ2v) is 7.25. The van der Waals surface area contributed by atoms with Crippen molar-refractivity contribution in [2.24, 2.45) is 0 Å². The van der Waals surface area contributed by atoms with Crippen LogP contribution < -0.4 is 5.32 Å². The van der Waals surface area contributed by atoms with Crippen molar-refractivity contribution in [3.63, 3.8) is 0 Å². The minimum Gasteiger partial charge on any atom is -0.377 e. The lowest BCUT2D eigenvalue weighted by atomic mass is 10.1. The molecule has 0 aliphatic heterocycles. The minimum absolute atomic E-state index is 0.00832. The van der Waals surface area contributed by atoms with Gasteiger partial charge < -0.3 is 10.1 Å². The summed E-state index contributed by atoms with van der Waals surface area (Å²) >= 11 is 5.32. The Morgan fingerprint density at radius 2 is 1.93 bits per heavy atom. The average Bonchev–Trinajstić information content (AvgIpc) is 3.10. The summed E-state index contributed by atoms with van der Waals surface area (Å²) in [6.07, 6.45) is 1.12. The van der Waals surface area contributed by atoms with Gasteiger partial charge in [0.1, 0.15) is 0 Å². The Bertz CT molecular complexity index is 964. The normalized spacial score (nSPS) is 10.8. The molecule has 2 N–H and O–H groups in total. The first-order chi connectivity index (χ1) is 14.1. The van der Waals surface area contributed by atoms with Crippen LogP contribution in [-0.4, -0.2) is 33.8 Å². The summed E-state index contributed by atoms with van der Waals surface area (Å²) in [6, 6.07) is 18.1. The van der Waals surface area contributed by atoms with Gasteiger partial charge in [-0.05, 0) is 31.1 Å². The number of carbonyl (C=O) groups excluding carboxylic acids is 1. The zero-order chi connectivity index (χ0) is 20.5. The number of nitrogens with zero attached hydrogens (tertiary/aromatic N) is 2. The Kier molecular flexibility index (Phi) is 7.72. The van der Waals surface area contributed by atoms with E-state index >= 15 is 0 Å². The maximum atomic E-state index is 12.2. The summed E-state index contributed by atoms with van der Waals surface area (Å²) in [6.45, 7) is 4.32. The van der Waals surface area contributed by atoms with Crippen molar-refractivity contribution in [1.29, 1.82) is 0 Å². The summed E-state index contributed by atoms with van der Waals surface area (Å²) in [7, 11) is 0. The van der Waals surface area contributed by atoms with Crippen LogP contribution in [0.2, 0.25) is 0 Å². The maximum Gasteiger partial charge on any atom is 0.221 e. The minimum atomic E-state index is -0.00832. The van der Waals surface area contributed by atoms with E-state index in [1.54, 1.807) is 0 Å². The van der Waals surface area contributed by atoms with Gasteiger partial charge in [0, 0.05) is 31.7 Å². The summed E-state index contributed by atoms with van der Waals surface area (Å²) in [5.74, 6) is 0.739. The van der Waals surface area contributed by atoms with E-state index in [0.717, 1.165) is 23.4 Å². The van der Waals surface area contributed by atoms with E-state index in [0.29, 0.717) is 37.5 Å². The lowest BCUT2D eigenvalue weighted by Crippen LogP contribution is -2.26. The first kappa shape index (κ1) is 21.0. The molecule has 1 aromatic heterocycles. The number of amides is 1. The fourth-order valence-electron chi connectivity index (χ4n) is 2.92. The fraction of sp³-hybridized carbons (Fsp3) is 0.318. The fourth-order valence-corrected chi connectivity index (χ4v) is 3.14. The number of ether oxygens (including phenoxy) is 1. The van der Waals surface area contributed by atoms with Gasteiger partial charge in [-0.15, -0.1) is 0 Å². The number of aromatic amines is 1. The molecule has 1 amide bonds. The number of rotatable bonds is 10. The molecule has 0 aliphatic rings. The van der Waals surface area contributed by atoms with E-state index in [-0.39, 0.29) is 5.91 Å². The van der Waals surface area contributed by atoms with E-state index in [2.05, 4.69) is 15.5 Å². The van der Waals surface area contributed by atoms with Crippen LogP contribution in [0.4, 0.5) is 0 Å². The van der Waals surface area contributed by atoms with Crippen molar-refractivity contribution in [2.75, 3.05) is 13.2 Å². The summed E-state index contributed by atoms with van der Waals surface area (Å²) in [5.41, 5.74) is 3.30. The number of H-pyrrole nitrogens is 1. The standard InChI is InChI=1S/C22H26N4O2S/c1-17-8-10-19(11-9-17)21-24-25-22(29)26(21)14-12-20(27)23-13-5-15-28-16-18-6-3-2-4-7-18/h2-4,6-11H,5,12-16H2,1H3,(H,23,27)(H,25,29). The number of nitrogens with one attached hydrogen (secondary N) is 2. The van der Waals surface area contributed by atoms with Crippen molar-refractivity contribution in [2.45, 2.75) is 32.9 Å². The predicted molar refractivity (Wildman–Crippen MR) is 116 cm³/mol. The highest BCUT2D eigenvalue weighted by atomic mass is 32.1. The third-order valence-corrected chi connectivity index (χ3v) is 4.84. The van der Waals surface area contributed by atoms with Crippen LogP contribution in [0.1, 0.15) is 24.0 Å². The van der Waals surface area contributed by atoms with Gasteiger partial charge in [-0.3, -0.25) is 14.5 Å². The summed E-state index contributed by atoms with van der Waals surface area (Å²) < 4.78 is 8.01. The Morgan fingerprint density at radius 1 is 1.17 bits per heavy atom. The van der Waals surface area contributed by atoms with Crippen molar-refractivity contribution in [1.82, 2.24) is 20.1 Å². The molecule has 152 valence electrons. The van der Waals surface area contributed by atoms with Crippen LogP contribution >= 0.6 is 12.2 Å². The Morgan fingerprint density at radius 3 is 2.69 bits per heavy atom. The second kappa shape index (κ2) is 10.7. The number of hydrogen-bond acceptors (Lipinski definition) is 4. The molecule has 3 aromatic rings. The van der Waals surface area contributed by atoms with Gasteiger partial charge in [0.2, 0.25) is 5.91 Å². The van der Waals surface area contributed by atoms with Crippen molar-refractivity contribution in [3.8, 4) is 11.4 Å². The lowest BCUT2D eigenvalue weighted by molar-refractivity contribution is -0.121. The van der Waals surface area contributed by atoms with Crippen LogP contribution in [0.15, 0.2) is 54.6 Å². The molecule has 0 bridgehead atoms. The van der Waals surface area contributed by atoms with Gasteiger partial charge >= 0.3 is 0 Å². The van der Waals surface area contributed by atoms with Crippen LogP contribution in [0.5, 0.6) is 0 Å². The number of benzene rings is 2. The molecule has 0 radical (unpaired) electrons. The topological polar surface area (TPSA) is 71.9 Å². The highest BCUT2D eigenvalue weighted by Gasteiger charge is 2.10. The van der Waals surface area contributed by atoms with Crippen molar-refractivity contribution >= 4 is 18.1 Å². The molecule has 0 spiro atoms. The third-order valence-electron chi connectivity index (χ3n) is 4.53. The van der Waals surface area contributed by atoms with Crippen LogP contribution in [-0.2, 0) is 22.7 Å². The summed E-state index contributed by atoms with van der Waals surface area (Å²) in [4.78, 5) is 12.2. The number of aryl methyl sites for hydroxylation is 1. The van der Waals surface area contributed by atoms with Crippen LogP contribution in [0.25, 0.3) is 11.4 Å². The Balaban J connectivity index is 1.39. The number of carbonyl (C=O) groups is 1. The molecule has 0 fully saturated rings. The van der Waals surface area contributed by atoms with Crippen LogP contribution in [0.3, 0.4) is 0 Å².